The summed E-state index contributed by atoms with van der Waals surface area (Å²) in [5.74, 6) is 1.42. The number of hydrogen-bond acceptors (Lipinski definition) is 6. The van der Waals surface area contributed by atoms with E-state index in [-0.39, 0.29) is 5.91 Å². The van der Waals surface area contributed by atoms with Gasteiger partial charge in [-0.3, -0.25) is 9.69 Å². The van der Waals surface area contributed by atoms with Gasteiger partial charge in [-0.1, -0.05) is 35.8 Å². The van der Waals surface area contributed by atoms with Gasteiger partial charge in [-0.25, -0.2) is 9.97 Å². The number of carbonyl (C=O) groups excluding carboxylic acids is 1. The summed E-state index contributed by atoms with van der Waals surface area (Å²) in [5.41, 5.74) is 4.44. The van der Waals surface area contributed by atoms with E-state index in [2.05, 4.69) is 32.3 Å². The van der Waals surface area contributed by atoms with Crippen molar-refractivity contribution in [3.05, 3.63) is 53.6 Å². The molecule has 1 aliphatic heterocycles. The molecule has 1 saturated heterocycles. The minimum absolute atomic E-state index is 0.0761. The third kappa shape index (κ3) is 5.17. The zero-order chi connectivity index (χ0) is 21.8. The molecular formula is C24H29N5O2. The number of carbonyl (C=O) groups is 1. The first kappa shape index (κ1) is 21.2. The Bertz CT molecular complexity index is 1040. The van der Waals surface area contributed by atoms with Crippen LogP contribution in [0.3, 0.4) is 0 Å². The van der Waals surface area contributed by atoms with Crippen LogP contribution >= 0.6 is 0 Å². The number of aryl methyl sites for hydroxylation is 2. The first-order valence-electron chi connectivity index (χ1n) is 10.9. The molecule has 162 valence electrons. The van der Waals surface area contributed by atoms with Gasteiger partial charge < -0.3 is 9.84 Å². The molecule has 0 radical (unpaired) electrons. The summed E-state index contributed by atoms with van der Waals surface area (Å²) in [7, 11) is 0. The molecule has 1 fully saturated rings. The van der Waals surface area contributed by atoms with Crippen molar-refractivity contribution in [2.45, 2.75) is 52.6 Å². The van der Waals surface area contributed by atoms with Crippen molar-refractivity contribution in [2.24, 2.45) is 0 Å². The highest BCUT2D eigenvalue weighted by molar-refractivity contribution is 5.79. The minimum atomic E-state index is 0.0761. The summed E-state index contributed by atoms with van der Waals surface area (Å²) < 4.78 is 5.43. The molecule has 0 bridgehead atoms. The van der Waals surface area contributed by atoms with E-state index in [9.17, 15) is 4.79 Å². The maximum absolute atomic E-state index is 12.4. The monoisotopic (exact) mass is 419 g/mol. The average Bonchev–Trinajstić information content (AvgIpc) is 3.20. The standard InChI is InChI=1S/C24H29N5O2/c1-16-12-22(31-28-16)21-14-25-18(3)27-24(21)20-9-7-19(8-10-20)13-26-23(30)15-29-11-5-4-6-17(29)2/h7-10,12,14,17H,4-6,11,13,15H2,1-3H3,(H,26,30)/t17-/m1/s1. The Morgan fingerprint density at radius 3 is 2.74 bits per heavy atom. The predicted octanol–water partition coefficient (Wildman–Crippen LogP) is 3.91. The molecule has 0 saturated carbocycles. The Labute approximate surface area is 182 Å². The molecule has 7 nitrogen and oxygen atoms in total. The summed E-state index contributed by atoms with van der Waals surface area (Å²) in [6, 6.07) is 10.4. The summed E-state index contributed by atoms with van der Waals surface area (Å²) in [5, 5.41) is 7.02. The molecule has 0 spiro atoms. The second kappa shape index (κ2) is 9.39. The van der Waals surface area contributed by atoms with Gasteiger partial charge in [0, 0.05) is 30.4 Å². The second-order valence-corrected chi connectivity index (χ2v) is 8.30. The molecule has 4 rings (SSSR count). The Balaban J connectivity index is 1.43. The Morgan fingerprint density at radius 2 is 2.03 bits per heavy atom. The van der Waals surface area contributed by atoms with E-state index in [1.165, 1.54) is 19.3 Å². The molecule has 0 aliphatic carbocycles. The third-order valence-electron chi connectivity index (χ3n) is 5.81. The van der Waals surface area contributed by atoms with Gasteiger partial charge in [0.2, 0.25) is 5.91 Å². The van der Waals surface area contributed by atoms with Crippen LogP contribution in [0.2, 0.25) is 0 Å². The fourth-order valence-corrected chi connectivity index (χ4v) is 3.97. The normalized spacial score (nSPS) is 16.9. The Kier molecular flexibility index (Phi) is 6.42. The number of benzene rings is 1. The fourth-order valence-electron chi connectivity index (χ4n) is 3.97. The maximum Gasteiger partial charge on any atom is 0.234 e. The molecule has 3 aromatic rings. The van der Waals surface area contributed by atoms with Gasteiger partial charge in [0.1, 0.15) is 5.82 Å². The van der Waals surface area contributed by atoms with Crippen molar-refractivity contribution >= 4 is 5.91 Å². The van der Waals surface area contributed by atoms with Crippen molar-refractivity contribution in [1.29, 1.82) is 0 Å². The van der Waals surface area contributed by atoms with Gasteiger partial charge in [0.05, 0.1) is 23.5 Å². The molecule has 1 N–H and O–H groups in total. The molecule has 3 heterocycles. The van der Waals surface area contributed by atoms with Crippen LogP contribution in [-0.2, 0) is 11.3 Å². The lowest BCUT2D eigenvalue weighted by Crippen LogP contribution is -2.44. The highest BCUT2D eigenvalue weighted by Crippen LogP contribution is 2.30. The molecule has 0 unspecified atom stereocenters. The molecule has 1 aliphatic rings. The van der Waals surface area contributed by atoms with E-state index in [4.69, 9.17) is 4.52 Å². The van der Waals surface area contributed by atoms with Crippen LogP contribution in [0.25, 0.3) is 22.6 Å². The van der Waals surface area contributed by atoms with Crippen LogP contribution in [0.5, 0.6) is 0 Å². The van der Waals surface area contributed by atoms with E-state index >= 15 is 0 Å². The fraction of sp³-hybridized carbons (Fsp3) is 0.417. The maximum atomic E-state index is 12.4. The second-order valence-electron chi connectivity index (χ2n) is 8.30. The van der Waals surface area contributed by atoms with Gasteiger partial charge >= 0.3 is 0 Å². The molecule has 2 aromatic heterocycles. The number of nitrogens with one attached hydrogen (secondary N) is 1. The average molecular weight is 420 g/mol. The van der Waals surface area contributed by atoms with Crippen LogP contribution in [0.4, 0.5) is 0 Å². The van der Waals surface area contributed by atoms with Crippen molar-refractivity contribution in [2.75, 3.05) is 13.1 Å². The lowest BCUT2D eigenvalue weighted by molar-refractivity contribution is -0.123. The smallest absolute Gasteiger partial charge is 0.234 e. The Hall–Kier alpha value is -3.06. The summed E-state index contributed by atoms with van der Waals surface area (Å²) in [4.78, 5) is 23.6. The van der Waals surface area contributed by atoms with Crippen molar-refractivity contribution in [1.82, 2.24) is 25.3 Å². The van der Waals surface area contributed by atoms with Crippen LogP contribution in [0, 0.1) is 13.8 Å². The molecule has 7 heteroatoms. The molecular weight excluding hydrogens is 390 g/mol. The summed E-state index contributed by atoms with van der Waals surface area (Å²) in [6.07, 6.45) is 5.38. The van der Waals surface area contributed by atoms with Crippen LogP contribution in [0.15, 0.2) is 41.1 Å². The lowest BCUT2D eigenvalue weighted by Gasteiger charge is -2.32. The largest absolute Gasteiger partial charge is 0.356 e. The number of hydrogen-bond donors (Lipinski definition) is 1. The molecule has 1 atom stereocenters. The van der Waals surface area contributed by atoms with Crippen LogP contribution in [-0.4, -0.2) is 45.1 Å². The number of nitrogens with zero attached hydrogens (tertiary/aromatic N) is 4. The topological polar surface area (TPSA) is 84.2 Å². The van der Waals surface area contributed by atoms with E-state index < -0.39 is 0 Å². The zero-order valence-electron chi connectivity index (χ0n) is 18.4. The predicted molar refractivity (Wildman–Crippen MR) is 119 cm³/mol. The van der Waals surface area contributed by atoms with Gasteiger partial charge in [0.25, 0.3) is 0 Å². The van der Waals surface area contributed by atoms with E-state index in [1.807, 2.05) is 44.2 Å². The van der Waals surface area contributed by atoms with Gasteiger partial charge in [-0.05, 0) is 45.7 Å². The number of piperidine rings is 1. The van der Waals surface area contributed by atoms with Gasteiger partial charge in [0.15, 0.2) is 5.76 Å². The van der Waals surface area contributed by atoms with E-state index in [1.54, 1.807) is 6.20 Å². The lowest BCUT2D eigenvalue weighted by atomic mass is 10.0. The quantitative estimate of drug-likeness (QED) is 0.652. The number of amides is 1. The number of likely N-dealkylation sites (tertiary alicyclic amines) is 1. The molecule has 31 heavy (non-hydrogen) atoms. The SMILES string of the molecule is Cc1cc(-c2cnc(C)nc2-c2ccc(CNC(=O)CN3CCCC[C@H]3C)cc2)on1. The van der Waals surface area contributed by atoms with Crippen LogP contribution < -0.4 is 5.32 Å². The van der Waals surface area contributed by atoms with Crippen molar-refractivity contribution < 1.29 is 9.32 Å². The summed E-state index contributed by atoms with van der Waals surface area (Å²) >= 11 is 0. The molecule has 1 aromatic carbocycles. The highest BCUT2D eigenvalue weighted by Gasteiger charge is 2.20. The van der Waals surface area contributed by atoms with Crippen molar-refractivity contribution in [3.8, 4) is 22.6 Å². The number of rotatable bonds is 6. The first-order valence-corrected chi connectivity index (χ1v) is 10.9. The van der Waals surface area contributed by atoms with E-state index in [0.29, 0.717) is 30.7 Å². The first-order chi connectivity index (χ1) is 15.0. The van der Waals surface area contributed by atoms with Crippen molar-refractivity contribution in [3.63, 3.8) is 0 Å². The van der Waals surface area contributed by atoms with Gasteiger partial charge in [-0.15, -0.1) is 0 Å². The molecule has 1 amide bonds. The number of aromatic nitrogens is 3. The third-order valence-corrected chi connectivity index (χ3v) is 5.81. The van der Waals surface area contributed by atoms with Gasteiger partial charge in [-0.2, -0.15) is 0 Å². The Morgan fingerprint density at radius 1 is 1.23 bits per heavy atom. The zero-order valence-corrected chi connectivity index (χ0v) is 18.4. The van der Waals surface area contributed by atoms with Crippen LogP contribution in [0.1, 0.15) is 43.3 Å². The highest BCUT2D eigenvalue weighted by atomic mass is 16.5. The van der Waals surface area contributed by atoms with E-state index in [0.717, 1.165) is 34.6 Å². The minimum Gasteiger partial charge on any atom is -0.356 e. The summed E-state index contributed by atoms with van der Waals surface area (Å²) in [6.45, 7) is 7.95.